The minimum atomic E-state index is -2.71. The number of hydrogen-bond acceptors (Lipinski definition) is 8. The van der Waals surface area contributed by atoms with Crippen molar-refractivity contribution in [2.24, 2.45) is 11.3 Å². The maximum absolute atomic E-state index is 13.7. The second-order valence-corrected chi connectivity index (χ2v) is 18.3. The van der Waals surface area contributed by atoms with Crippen LogP contribution in [0.5, 0.6) is 5.75 Å². The van der Waals surface area contributed by atoms with E-state index in [9.17, 15) is 4.57 Å². The summed E-state index contributed by atoms with van der Waals surface area (Å²) in [4.78, 5) is 11.6. The number of rotatable bonds is 8. The van der Waals surface area contributed by atoms with Gasteiger partial charge in [-0.05, 0) is 130 Å². The van der Waals surface area contributed by atoms with Crippen LogP contribution in [0.4, 0.5) is 17.1 Å². The van der Waals surface area contributed by atoms with E-state index < -0.39 is 7.14 Å². The number of allylic oxidation sites excluding steroid dienone is 4. The molecule has 1 aliphatic carbocycles. The lowest BCUT2D eigenvalue weighted by atomic mass is 9.71. The number of piperidine rings is 2. The van der Waals surface area contributed by atoms with Gasteiger partial charge in [0.25, 0.3) is 0 Å². The highest BCUT2D eigenvalue weighted by Crippen LogP contribution is 2.44. The second kappa shape index (κ2) is 15.4. The Hall–Kier alpha value is -3.13. The van der Waals surface area contributed by atoms with Crippen LogP contribution in [0, 0.1) is 18.3 Å². The SMILES string of the molecule is CCC1/C=C(Nc2ccc3nccnc3c2P(C)(C)=O)\C(Br)=C/CCC/C=C\1Nc1cc(C)c(N2CCC3(CCNCC3)CC2)cc1OC. The lowest BCUT2D eigenvalue weighted by Crippen LogP contribution is -2.45. The predicted molar refractivity (Wildman–Crippen MR) is 210 cm³/mol. The molecule has 3 aromatic rings. The van der Waals surface area contributed by atoms with Crippen molar-refractivity contribution in [1.82, 2.24) is 15.3 Å². The van der Waals surface area contributed by atoms with Gasteiger partial charge in [0.1, 0.15) is 18.4 Å². The van der Waals surface area contributed by atoms with Gasteiger partial charge in [0.2, 0.25) is 0 Å². The van der Waals surface area contributed by atoms with E-state index in [1.807, 2.05) is 12.1 Å². The first kappa shape index (κ1) is 35.7. The molecule has 0 saturated carbocycles. The standard InChI is InChI=1S/C39H52BrN6O2P/c1-6-28-25-33(45-32-13-12-31-37(43-21-20-42-31)38(32)49(4,5)47)29(40)10-8-7-9-11-30(28)44-34-24-27(2)35(26-36(34)48-3)46-22-16-39(17-23-46)14-18-41-19-15-39/h10-13,20-21,24-26,28,41,44-45H,6-9,14-19,22-23H2,1-5H3/b29-10+,30-11+,33-25+. The highest BCUT2D eigenvalue weighted by atomic mass is 79.9. The molecule has 262 valence electrons. The van der Waals surface area contributed by atoms with Gasteiger partial charge in [0.15, 0.2) is 0 Å². The Labute approximate surface area is 300 Å². The van der Waals surface area contributed by atoms with E-state index in [4.69, 9.17) is 4.74 Å². The van der Waals surface area contributed by atoms with Crippen molar-refractivity contribution in [3.63, 3.8) is 0 Å². The molecule has 49 heavy (non-hydrogen) atoms. The van der Waals surface area contributed by atoms with Crippen LogP contribution in [0.3, 0.4) is 0 Å². The molecule has 6 rings (SSSR count). The number of aryl methyl sites for hydroxylation is 1. The number of ether oxygens (including phenoxy) is 1. The molecule has 3 heterocycles. The first-order valence-electron chi connectivity index (χ1n) is 17.9. The molecule has 3 aliphatic rings. The number of nitrogens with zero attached hydrogens (tertiary/aromatic N) is 3. The Morgan fingerprint density at radius 3 is 2.47 bits per heavy atom. The van der Waals surface area contributed by atoms with Crippen LogP contribution in [0.15, 0.2) is 70.8 Å². The molecule has 0 bridgehead atoms. The smallest absolute Gasteiger partial charge is 0.144 e. The molecule has 0 amide bonds. The molecule has 0 radical (unpaired) electrons. The van der Waals surface area contributed by atoms with Crippen LogP contribution in [-0.2, 0) is 4.57 Å². The summed E-state index contributed by atoms with van der Waals surface area (Å²) in [6.45, 7) is 12.5. The fraction of sp³-hybridized carbons (Fsp3) is 0.487. The van der Waals surface area contributed by atoms with Gasteiger partial charge < -0.3 is 30.2 Å². The van der Waals surface area contributed by atoms with Crippen LogP contribution in [0.25, 0.3) is 11.0 Å². The summed E-state index contributed by atoms with van der Waals surface area (Å²) in [7, 11) is -0.940. The van der Waals surface area contributed by atoms with Crippen LogP contribution < -0.4 is 30.9 Å². The Balaban J connectivity index is 1.29. The highest BCUT2D eigenvalue weighted by Gasteiger charge is 2.36. The summed E-state index contributed by atoms with van der Waals surface area (Å²) in [6.07, 6.45) is 19.1. The van der Waals surface area contributed by atoms with Crippen molar-refractivity contribution >= 4 is 56.5 Å². The molecule has 3 N–H and O–H groups in total. The van der Waals surface area contributed by atoms with Gasteiger partial charge in [-0.1, -0.05) is 25.2 Å². The van der Waals surface area contributed by atoms with Gasteiger partial charge in [-0.3, -0.25) is 9.97 Å². The Morgan fingerprint density at radius 2 is 1.76 bits per heavy atom. The topological polar surface area (TPSA) is 91.4 Å². The molecule has 1 spiro atoms. The number of nitrogens with one attached hydrogen (secondary N) is 3. The number of hydrogen-bond donors (Lipinski definition) is 3. The fourth-order valence-corrected chi connectivity index (χ4v) is 9.60. The number of aromatic nitrogens is 2. The van der Waals surface area contributed by atoms with E-state index in [1.54, 1.807) is 32.8 Å². The summed E-state index contributed by atoms with van der Waals surface area (Å²) in [5.41, 5.74) is 8.34. The van der Waals surface area contributed by atoms with E-state index in [0.29, 0.717) is 10.9 Å². The maximum atomic E-state index is 13.7. The zero-order chi connectivity index (χ0) is 34.6. The van der Waals surface area contributed by atoms with E-state index in [2.05, 4.69) is 91.0 Å². The predicted octanol–water partition coefficient (Wildman–Crippen LogP) is 8.95. The first-order chi connectivity index (χ1) is 23.6. The highest BCUT2D eigenvalue weighted by molar-refractivity contribution is 9.12. The Morgan fingerprint density at radius 1 is 1.02 bits per heavy atom. The quantitative estimate of drug-likeness (QED) is 0.197. The van der Waals surface area contributed by atoms with E-state index in [-0.39, 0.29) is 5.92 Å². The fourth-order valence-electron chi connectivity index (χ4n) is 7.75. The van der Waals surface area contributed by atoms with Crippen LogP contribution in [0.1, 0.15) is 63.9 Å². The lowest BCUT2D eigenvalue weighted by molar-refractivity contribution is 0.155. The minimum Gasteiger partial charge on any atom is -0.494 e. The van der Waals surface area contributed by atoms with Gasteiger partial charge in [-0.15, -0.1) is 0 Å². The summed E-state index contributed by atoms with van der Waals surface area (Å²) < 4.78 is 20.7. The summed E-state index contributed by atoms with van der Waals surface area (Å²) >= 11 is 3.89. The van der Waals surface area contributed by atoms with Crippen molar-refractivity contribution in [3.05, 3.63) is 76.3 Å². The molecule has 8 nitrogen and oxygen atoms in total. The van der Waals surface area contributed by atoms with Crippen LogP contribution in [-0.4, -0.2) is 56.6 Å². The van der Waals surface area contributed by atoms with E-state index >= 15 is 0 Å². The van der Waals surface area contributed by atoms with Gasteiger partial charge in [-0.25, -0.2) is 0 Å². The number of fused-ring (bicyclic) bond motifs is 1. The molecule has 2 fully saturated rings. The summed E-state index contributed by atoms with van der Waals surface area (Å²) in [5, 5.41) is 11.8. The third kappa shape index (κ3) is 8.10. The molecule has 1 aromatic heterocycles. The molecule has 2 aromatic carbocycles. The van der Waals surface area contributed by atoms with Gasteiger partial charge in [-0.2, -0.15) is 0 Å². The van der Waals surface area contributed by atoms with E-state index in [1.165, 1.54) is 36.9 Å². The van der Waals surface area contributed by atoms with Crippen molar-refractivity contribution < 1.29 is 9.30 Å². The number of halogens is 1. The number of benzene rings is 2. The Kier molecular flexibility index (Phi) is 11.2. The molecule has 10 heteroatoms. The average Bonchev–Trinajstić information content (AvgIpc) is 3.09. The first-order valence-corrected chi connectivity index (χ1v) is 21.3. The zero-order valence-corrected chi connectivity index (χ0v) is 32.2. The third-order valence-electron chi connectivity index (χ3n) is 10.6. The Bertz CT molecular complexity index is 1800. The molecule has 1 unspecified atom stereocenters. The maximum Gasteiger partial charge on any atom is 0.144 e. The van der Waals surface area contributed by atoms with Crippen molar-refractivity contribution in [1.29, 1.82) is 0 Å². The zero-order valence-electron chi connectivity index (χ0n) is 29.7. The van der Waals surface area contributed by atoms with Crippen molar-refractivity contribution in [2.45, 2.75) is 65.2 Å². The van der Waals surface area contributed by atoms with Crippen molar-refractivity contribution in [2.75, 3.05) is 62.2 Å². The largest absolute Gasteiger partial charge is 0.494 e. The molecular weight excluding hydrogens is 695 g/mol. The number of methoxy groups -OCH3 is 1. The van der Waals surface area contributed by atoms with Gasteiger partial charge in [0, 0.05) is 59.0 Å². The van der Waals surface area contributed by atoms with Crippen LogP contribution >= 0.6 is 23.1 Å². The summed E-state index contributed by atoms with van der Waals surface area (Å²) in [6, 6.07) is 8.42. The second-order valence-electron chi connectivity index (χ2n) is 14.3. The third-order valence-corrected chi connectivity index (χ3v) is 12.9. The van der Waals surface area contributed by atoms with Crippen molar-refractivity contribution in [3.8, 4) is 5.75 Å². The van der Waals surface area contributed by atoms with Crippen LogP contribution in [0.2, 0.25) is 0 Å². The summed E-state index contributed by atoms with van der Waals surface area (Å²) in [5.74, 6) is 0.954. The average molecular weight is 748 g/mol. The van der Waals surface area contributed by atoms with Gasteiger partial charge in [0.05, 0.1) is 29.3 Å². The number of anilines is 3. The molecule has 2 aliphatic heterocycles. The van der Waals surface area contributed by atoms with E-state index in [0.717, 1.165) is 95.7 Å². The van der Waals surface area contributed by atoms with Gasteiger partial charge >= 0.3 is 0 Å². The molecule has 1 atom stereocenters. The monoisotopic (exact) mass is 746 g/mol. The molecule has 2 saturated heterocycles. The lowest BCUT2D eigenvalue weighted by Gasteiger charge is -2.45. The minimum absolute atomic E-state index is 0.0910. The normalized spacial score (nSPS) is 23.5. The molecular formula is C39H52BrN6O2P.